The molecule has 18 heavy (non-hydrogen) atoms. The molecule has 0 saturated heterocycles. The van der Waals surface area contributed by atoms with Crippen LogP contribution in [0.5, 0.6) is 0 Å². The van der Waals surface area contributed by atoms with Crippen molar-refractivity contribution in [3.63, 3.8) is 0 Å². The van der Waals surface area contributed by atoms with Crippen LogP contribution in [-0.2, 0) is 4.74 Å². The minimum Gasteiger partial charge on any atom is -0.385 e. The SMILES string of the molecule is CCCNCC(CCCCOC)c1ccccc1. The van der Waals surface area contributed by atoms with Crippen molar-refractivity contribution in [3.05, 3.63) is 35.9 Å². The van der Waals surface area contributed by atoms with Gasteiger partial charge in [-0.1, -0.05) is 43.7 Å². The fraction of sp³-hybridized carbons (Fsp3) is 0.625. The van der Waals surface area contributed by atoms with E-state index in [4.69, 9.17) is 4.74 Å². The molecule has 0 aliphatic rings. The van der Waals surface area contributed by atoms with Crippen molar-refractivity contribution in [2.24, 2.45) is 0 Å². The maximum absolute atomic E-state index is 5.11. The van der Waals surface area contributed by atoms with Crippen molar-refractivity contribution >= 4 is 0 Å². The summed E-state index contributed by atoms with van der Waals surface area (Å²) in [6.07, 6.45) is 4.84. The van der Waals surface area contributed by atoms with Gasteiger partial charge in [0.2, 0.25) is 0 Å². The molecule has 1 N–H and O–H groups in total. The molecular weight excluding hydrogens is 222 g/mol. The van der Waals surface area contributed by atoms with Gasteiger partial charge in [0, 0.05) is 20.3 Å². The van der Waals surface area contributed by atoms with E-state index in [0.717, 1.165) is 26.1 Å². The summed E-state index contributed by atoms with van der Waals surface area (Å²) < 4.78 is 5.11. The third-order valence-electron chi connectivity index (χ3n) is 3.24. The molecule has 0 heterocycles. The van der Waals surface area contributed by atoms with Crippen molar-refractivity contribution in [3.8, 4) is 0 Å². The Morgan fingerprint density at radius 2 is 1.94 bits per heavy atom. The van der Waals surface area contributed by atoms with E-state index in [0.29, 0.717) is 5.92 Å². The molecule has 1 rings (SSSR count). The number of rotatable bonds is 10. The van der Waals surface area contributed by atoms with E-state index < -0.39 is 0 Å². The highest BCUT2D eigenvalue weighted by Crippen LogP contribution is 2.21. The number of hydrogen-bond acceptors (Lipinski definition) is 2. The van der Waals surface area contributed by atoms with E-state index in [1.807, 2.05) is 0 Å². The van der Waals surface area contributed by atoms with Crippen LogP contribution in [0.25, 0.3) is 0 Å². The van der Waals surface area contributed by atoms with Gasteiger partial charge in [-0.3, -0.25) is 0 Å². The lowest BCUT2D eigenvalue weighted by atomic mass is 9.93. The van der Waals surface area contributed by atoms with Crippen LogP contribution in [0.1, 0.15) is 44.1 Å². The molecule has 0 aliphatic carbocycles. The first-order chi connectivity index (χ1) is 8.88. The Hall–Kier alpha value is -0.860. The molecule has 1 aromatic rings. The monoisotopic (exact) mass is 249 g/mol. The highest BCUT2D eigenvalue weighted by Gasteiger charge is 2.10. The van der Waals surface area contributed by atoms with Gasteiger partial charge in [-0.05, 0) is 37.3 Å². The molecule has 0 radical (unpaired) electrons. The van der Waals surface area contributed by atoms with Crippen molar-refractivity contribution in [2.45, 2.75) is 38.5 Å². The van der Waals surface area contributed by atoms with Gasteiger partial charge >= 0.3 is 0 Å². The average Bonchev–Trinajstić information content (AvgIpc) is 2.42. The largest absolute Gasteiger partial charge is 0.385 e. The third-order valence-corrected chi connectivity index (χ3v) is 3.24. The van der Waals surface area contributed by atoms with Crippen LogP contribution in [-0.4, -0.2) is 26.8 Å². The number of ether oxygens (including phenoxy) is 1. The fourth-order valence-corrected chi connectivity index (χ4v) is 2.20. The first-order valence-electron chi connectivity index (χ1n) is 7.13. The minimum absolute atomic E-state index is 0.634. The van der Waals surface area contributed by atoms with Crippen LogP contribution >= 0.6 is 0 Å². The predicted octanol–water partition coefficient (Wildman–Crippen LogP) is 3.59. The maximum atomic E-state index is 5.11. The van der Waals surface area contributed by atoms with Gasteiger partial charge in [-0.15, -0.1) is 0 Å². The summed E-state index contributed by atoms with van der Waals surface area (Å²) in [7, 11) is 1.78. The Morgan fingerprint density at radius 1 is 1.17 bits per heavy atom. The number of unbranched alkanes of at least 4 members (excludes halogenated alkanes) is 1. The van der Waals surface area contributed by atoms with Crippen molar-refractivity contribution in [1.29, 1.82) is 0 Å². The molecule has 1 atom stereocenters. The molecule has 102 valence electrons. The fourth-order valence-electron chi connectivity index (χ4n) is 2.20. The molecule has 0 fully saturated rings. The summed E-state index contributed by atoms with van der Waals surface area (Å²) in [5, 5.41) is 3.54. The molecule has 0 aliphatic heterocycles. The molecule has 0 aromatic heterocycles. The van der Waals surface area contributed by atoms with Crippen LogP contribution in [0, 0.1) is 0 Å². The quantitative estimate of drug-likeness (QED) is 0.640. The van der Waals surface area contributed by atoms with Crippen molar-refractivity contribution in [1.82, 2.24) is 5.32 Å². The average molecular weight is 249 g/mol. The van der Waals surface area contributed by atoms with Gasteiger partial charge in [-0.25, -0.2) is 0 Å². The van der Waals surface area contributed by atoms with E-state index in [1.165, 1.54) is 24.8 Å². The smallest absolute Gasteiger partial charge is 0.0462 e. The molecule has 2 nitrogen and oxygen atoms in total. The van der Waals surface area contributed by atoms with Crippen LogP contribution in [0.15, 0.2) is 30.3 Å². The van der Waals surface area contributed by atoms with E-state index in [1.54, 1.807) is 7.11 Å². The van der Waals surface area contributed by atoms with Crippen LogP contribution in [0.2, 0.25) is 0 Å². The molecular formula is C16H27NO. The van der Waals surface area contributed by atoms with Crippen molar-refractivity contribution < 1.29 is 4.74 Å². The Bertz CT molecular complexity index is 286. The molecule has 1 aromatic carbocycles. The number of hydrogen-bond donors (Lipinski definition) is 1. The molecule has 0 spiro atoms. The van der Waals surface area contributed by atoms with Crippen LogP contribution in [0.3, 0.4) is 0 Å². The van der Waals surface area contributed by atoms with E-state index in [9.17, 15) is 0 Å². The van der Waals surface area contributed by atoms with E-state index in [-0.39, 0.29) is 0 Å². The molecule has 0 amide bonds. The lowest BCUT2D eigenvalue weighted by molar-refractivity contribution is 0.191. The summed E-state index contributed by atoms with van der Waals surface area (Å²) in [5.74, 6) is 0.634. The number of nitrogens with one attached hydrogen (secondary N) is 1. The Balaban J connectivity index is 2.42. The summed E-state index contributed by atoms with van der Waals surface area (Å²) in [6, 6.07) is 10.8. The van der Waals surface area contributed by atoms with E-state index >= 15 is 0 Å². The molecule has 2 heteroatoms. The third kappa shape index (κ3) is 6.18. The zero-order chi connectivity index (χ0) is 13.1. The Morgan fingerprint density at radius 3 is 2.61 bits per heavy atom. The summed E-state index contributed by atoms with van der Waals surface area (Å²) in [6.45, 7) is 5.29. The summed E-state index contributed by atoms with van der Waals surface area (Å²) in [5.41, 5.74) is 1.46. The van der Waals surface area contributed by atoms with Gasteiger partial charge in [0.05, 0.1) is 0 Å². The van der Waals surface area contributed by atoms with Gasteiger partial charge in [0.25, 0.3) is 0 Å². The maximum Gasteiger partial charge on any atom is 0.0462 e. The van der Waals surface area contributed by atoms with E-state index in [2.05, 4.69) is 42.6 Å². The minimum atomic E-state index is 0.634. The predicted molar refractivity (Wildman–Crippen MR) is 78.1 cm³/mol. The first-order valence-corrected chi connectivity index (χ1v) is 7.13. The highest BCUT2D eigenvalue weighted by atomic mass is 16.5. The van der Waals surface area contributed by atoms with Crippen LogP contribution in [0.4, 0.5) is 0 Å². The Kier molecular flexibility index (Phi) is 8.53. The van der Waals surface area contributed by atoms with Gasteiger partial charge in [0.15, 0.2) is 0 Å². The standard InChI is InChI=1S/C16H27NO/c1-3-12-17-14-16(11-7-8-13-18-2)15-9-5-4-6-10-15/h4-6,9-10,16-17H,3,7-8,11-14H2,1-2H3. The topological polar surface area (TPSA) is 21.3 Å². The highest BCUT2D eigenvalue weighted by molar-refractivity contribution is 5.19. The summed E-state index contributed by atoms with van der Waals surface area (Å²) in [4.78, 5) is 0. The van der Waals surface area contributed by atoms with Gasteiger partial charge in [-0.2, -0.15) is 0 Å². The summed E-state index contributed by atoms with van der Waals surface area (Å²) >= 11 is 0. The molecule has 1 unspecified atom stereocenters. The second-order valence-electron chi connectivity index (χ2n) is 4.80. The zero-order valence-corrected chi connectivity index (χ0v) is 11.8. The molecule has 0 bridgehead atoms. The first kappa shape index (κ1) is 15.2. The lowest BCUT2D eigenvalue weighted by Gasteiger charge is -2.18. The Labute approximate surface area is 112 Å². The van der Waals surface area contributed by atoms with Crippen LogP contribution < -0.4 is 5.32 Å². The second-order valence-corrected chi connectivity index (χ2v) is 4.80. The van der Waals surface area contributed by atoms with Gasteiger partial charge in [0.1, 0.15) is 0 Å². The number of methoxy groups -OCH3 is 1. The molecule has 0 saturated carbocycles. The zero-order valence-electron chi connectivity index (χ0n) is 11.8. The lowest BCUT2D eigenvalue weighted by Crippen LogP contribution is -2.22. The second kappa shape index (κ2) is 10.1. The van der Waals surface area contributed by atoms with Gasteiger partial charge < -0.3 is 10.1 Å². The normalized spacial score (nSPS) is 12.6. The van der Waals surface area contributed by atoms with Crippen molar-refractivity contribution in [2.75, 3.05) is 26.8 Å². The number of benzene rings is 1.